The molecular formula is C30H39N7O3. The van der Waals surface area contributed by atoms with Crippen molar-refractivity contribution in [3.8, 4) is 0 Å². The van der Waals surface area contributed by atoms with Gasteiger partial charge in [0, 0.05) is 55.2 Å². The largest absolute Gasteiger partial charge is 0.450 e. The molecule has 0 atom stereocenters. The van der Waals surface area contributed by atoms with Gasteiger partial charge in [-0.1, -0.05) is 6.08 Å². The van der Waals surface area contributed by atoms with Gasteiger partial charge < -0.3 is 30.5 Å². The number of likely N-dealkylation sites (tertiary alicyclic amines) is 2. The minimum absolute atomic E-state index is 0.0773. The van der Waals surface area contributed by atoms with Crippen LogP contribution in [-0.2, 0) is 4.74 Å². The summed E-state index contributed by atoms with van der Waals surface area (Å²) in [5.41, 5.74) is 9.60. The number of hydrogen-bond acceptors (Lipinski definition) is 6. The molecule has 10 heteroatoms. The van der Waals surface area contributed by atoms with Crippen molar-refractivity contribution in [1.29, 1.82) is 0 Å². The number of carbonyl (C=O) groups excluding carboxylic acids is 2. The number of nitrogens with zero attached hydrogens (tertiary/aromatic N) is 5. The molecule has 0 radical (unpaired) electrons. The number of aliphatic imine (C=N–C) groups is 1. The van der Waals surface area contributed by atoms with Gasteiger partial charge in [-0.2, -0.15) is 4.99 Å². The van der Waals surface area contributed by atoms with Gasteiger partial charge in [-0.05, 0) is 94.1 Å². The molecule has 3 N–H and O–H groups in total. The highest BCUT2D eigenvalue weighted by Crippen LogP contribution is 2.29. The molecule has 3 aliphatic heterocycles. The van der Waals surface area contributed by atoms with Crippen LogP contribution in [0.25, 0.3) is 5.57 Å². The Morgan fingerprint density at radius 1 is 1.05 bits per heavy atom. The van der Waals surface area contributed by atoms with Gasteiger partial charge in [-0.3, -0.25) is 4.79 Å². The van der Waals surface area contributed by atoms with E-state index in [4.69, 9.17) is 10.5 Å². The van der Waals surface area contributed by atoms with Gasteiger partial charge >= 0.3 is 6.09 Å². The molecule has 2 saturated heterocycles. The summed E-state index contributed by atoms with van der Waals surface area (Å²) in [4.78, 5) is 40.3. The Labute approximate surface area is 235 Å². The standard InChI is InChI=1S/C30H39N7O3/c1-2-40-30(39)37-18-11-22(12-19-37)26-6-5-15-32-27(26)34-29(31)33-24-9-7-23(8-10-24)28(38)36-20-13-25(14-21-36)35-16-3-4-17-35/h5-11,15,25H,2-4,12-14,16-21H2,1H3,(H3,31,32,33,34). The summed E-state index contributed by atoms with van der Waals surface area (Å²) in [6, 6.07) is 11.8. The SMILES string of the molecule is CCOC(=O)N1CC=C(c2cccnc2N=C(N)Nc2ccc(C(=O)N3CCC(N4CCCC4)CC3)cc2)CC1. The molecule has 1 aromatic heterocycles. The number of rotatable bonds is 6. The zero-order valence-corrected chi connectivity index (χ0v) is 23.2. The number of ether oxygens (including phenoxy) is 1. The van der Waals surface area contributed by atoms with Crippen LogP contribution in [0.4, 0.5) is 16.3 Å². The first-order chi connectivity index (χ1) is 19.5. The topological polar surface area (TPSA) is 116 Å². The highest BCUT2D eigenvalue weighted by molar-refractivity contribution is 5.97. The lowest BCUT2D eigenvalue weighted by molar-refractivity contribution is 0.0644. The molecule has 3 aliphatic rings. The lowest BCUT2D eigenvalue weighted by Crippen LogP contribution is -2.45. The summed E-state index contributed by atoms with van der Waals surface area (Å²) in [5.74, 6) is 0.786. The van der Waals surface area contributed by atoms with Crippen molar-refractivity contribution in [2.24, 2.45) is 10.7 Å². The first-order valence-electron chi connectivity index (χ1n) is 14.3. The fraction of sp³-hybridized carbons (Fsp3) is 0.467. The van der Waals surface area contributed by atoms with Crippen LogP contribution in [0.15, 0.2) is 53.7 Å². The van der Waals surface area contributed by atoms with E-state index in [1.165, 1.54) is 25.9 Å². The second-order valence-corrected chi connectivity index (χ2v) is 10.5. The number of carbonyl (C=O) groups is 2. The van der Waals surface area contributed by atoms with Gasteiger partial charge in [0.25, 0.3) is 5.91 Å². The summed E-state index contributed by atoms with van der Waals surface area (Å²) in [5, 5.41) is 3.11. The van der Waals surface area contributed by atoms with E-state index < -0.39 is 0 Å². The molecule has 0 saturated carbocycles. The first-order valence-corrected chi connectivity index (χ1v) is 14.3. The van der Waals surface area contributed by atoms with Crippen molar-refractivity contribution in [1.82, 2.24) is 19.7 Å². The normalized spacial score (nSPS) is 18.9. The van der Waals surface area contributed by atoms with Gasteiger partial charge in [-0.25, -0.2) is 9.78 Å². The molecule has 0 unspecified atom stereocenters. The molecule has 2 fully saturated rings. The van der Waals surface area contributed by atoms with Crippen LogP contribution in [0.2, 0.25) is 0 Å². The molecule has 2 aromatic rings. The van der Waals surface area contributed by atoms with Crippen molar-refractivity contribution in [3.63, 3.8) is 0 Å². The van der Waals surface area contributed by atoms with E-state index in [1.54, 1.807) is 18.0 Å². The summed E-state index contributed by atoms with van der Waals surface area (Å²) >= 11 is 0. The molecule has 4 heterocycles. The van der Waals surface area contributed by atoms with Crippen LogP contribution in [0.3, 0.4) is 0 Å². The fourth-order valence-corrected chi connectivity index (χ4v) is 5.74. The molecular weight excluding hydrogens is 506 g/mol. The lowest BCUT2D eigenvalue weighted by Gasteiger charge is -2.36. The molecule has 2 amide bonds. The van der Waals surface area contributed by atoms with Crippen molar-refractivity contribution in [3.05, 3.63) is 59.8 Å². The van der Waals surface area contributed by atoms with Gasteiger partial charge in [0.15, 0.2) is 11.8 Å². The Bertz CT molecular complexity index is 1250. The fourth-order valence-electron chi connectivity index (χ4n) is 5.74. The van der Waals surface area contributed by atoms with E-state index in [0.29, 0.717) is 43.5 Å². The van der Waals surface area contributed by atoms with Crippen molar-refractivity contribution in [2.45, 2.75) is 45.1 Å². The van der Waals surface area contributed by atoms with Crippen LogP contribution in [0.1, 0.15) is 54.9 Å². The molecule has 0 aliphatic carbocycles. The summed E-state index contributed by atoms with van der Waals surface area (Å²) < 4.78 is 5.10. The summed E-state index contributed by atoms with van der Waals surface area (Å²) in [6.07, 6.45) is 8.75. The van der Waals surface area contributed by atoms with Crippen LogP contribution in [0, 0.1) is 0 Å². The Kier molecular flexibility index (Phi) is 8.95. The van der Waals surface area contributed by atoms with E-state index in [9.17, 15) is 9.59 Å². The number of anilines is 1. The zero-order chi connectivity index (χ0) is 27.9. The second-order valence-electron chi connectivity index (χ2n) is 10.5. The number of amides is 2. The van der Waals surface area contributed by atoms with E-state index >= 15 is 0 Å². The minimum atomic E-state index is -0.300. The smallest absolute Gasteiger partial charge is 0.410 e. The van der Waals surface area contributed by atoms with Crippen molar-refractivity contribution < 1.29 is 14.3 Å². The van der Waals surface area contributed by atoms with E-state index in [-0.39, 0.29) is 18.0 Å². The van der Waals surface area contributed by atoms with E-state index in [1.807, 2.05) is 47.4 Å². The maximum absolute atomic E-state index is 13.1. The maximum Gasteiger partial charge on any atom is 0.410 e. The number of aromatic nitrogens is 1. The molecule has 1 aromatic carbocycles. The van der Waals surface area contributed by atoms with Gasteiger partial charge in [0.2, 0.25) is 0 Å². The number of hydrogen-bond donors (Lipinski definition) is 2. The van der Waals surface area contributed by atoms with Gasteiger partial charge in [0.1, 0.15) is 0 Å². The Morgan fingerprint density at radius 3 is 2.48 bits per heavy atom. The third-order valence-electron chi connectivity index (χ3n) is 7.91. The Morgan fingerprint density at radius 2 is 1.80 bits per heavy atom. The predicted molar refractivity (Wildman–Crippen MR) is 157 cm³/mol. The number of benzene rings is 1. The third kappa shape index (κ3) is 6.62. The average Bonchev–Trinajstić information content (AvgIpc) is 3.53. The number of piperidine rings is 1. The highest BCUT2D eigenvalue weighted by atomic mass is 16.6. The molecule has 40 heavy (non-hydrogen) atoms. The molecule has 212 valence electrons. The predicted octanol–water partition coefficient (Wildman–Crippen LogP) is 4.09. The minimum Gasteiger partial charge on any atom is -0.450 e. The van der Waals surface area contributed by atoms with Crippen LogP contribution >= 0.6 is 0 Å². The van der Waals surface area contributed by atoms with Crippen LogP contribution in [0.5, 0.6) is 0 Å². The number of nitrogens with two attached hydrogens (primary N) is 1. The van der Waals surface area contributed by atoms with Gasteiger partial charge in [-0.15, -0.1) is 0 Å². The first kappa shape index (κ1) is 27.6. The van der Waals surface area contributed by atoms with E-state index in [0.717, 1.165) is 42.8 Å². The number of pyridine rings is 1. The third-order valence-corrected chi connectivity index (χ3v) is 7.91. The Balaban J connectivity index is 1.18. The number of guanidine groups is 1. The van der Waals surface area contributed by atoms with Crippen LogP contribution < -0.4 is 11.1 Å². The van der Waals surface area contributed by atoms with Crippen molar-refractivity contribution in [2.75, 3.05) is 51.2 Å². The van der Waals surface area contributed by atoms with E-state index in [2.05, 4.69) is 20.2 Å². The molecule has 0 spiro atoms. The monoisotopic (exact) mass is 545 g/mol. The zero-order valence-electron chi connectivity index (χ0n) is 23.2. The molecule has 5 rings (SSSR count). The molecule has 10 nitrogen and oxygen atoms in total. The van der Waals surface area contributed by atoms with Crippen molar-refractivity contribution >= 4 is 35.0 Å². The lowest BCUT2D eigenvalue weighted by atomic mass is 10.0. The Hall–Kier alpha value is -3.92. The highest BCUT2D eigenvalue weighted by Gasteiger charge is 2.28. The maximum atomic E-state index is 13.1. The second kappa shape index (κ2) is 13.0. The summed E-state index contributed by atoms with van der Waals surface area (Å²) in [6.45, 7) is 7.22. The number of nitrogens with one attached hydrogen (secondary N) is 1. The molecule has 0 bridgehead atoms. The summed E-state index contributed by atoms with van der Waals surface area (Å²) in [7, 11) is 0. The quantitative estimate of drug-likeness (QED) is 0.415. The van der Waals surface area contributed by atoms with Crippen LogP contribution in [-0.4, -0.2) is 89.6 Å². The van der Waals surface area contributed by atoms with Gasteiger partial charge in [0.05, 0.1) is 6.61 Å². The average molecular weight is 546 g/mol.